The molecule has 0 radical (unpaired) electrons. The summed E-state index contributed by atoms with van der Waals surface area (Å²) in [7, 11) is 1.69. The third kappa shape index (κ3) is 5.29. The van der Waals surface area contributed by atoms with Crippen LogP contribution in [0.25, 0.3) is 0 Å². The van der Waals surface area contributed by atoms with Crippen LogP contribution < -0.4 is 5.32 Å². The monoisotopic (exact) mass is 239 g/mol. The summed E-state index contributed by atoms with van der Waals surface area (Å²) in [6, 6.07) is 6.91. The van der Waals surface area contributed by atoms with Gasteiger partial charge in [-0.1, -0.05) is 25.5 Å². The minimum absolute atomic E-state index is 0.152. The maximum absolute atomic E-state index is 13.2. The molecule has 0 bridgehead atoms. The first-order chi connectivity index (χ1) is 8.27. The van der Waals surface area contributed by atoms with E-state index in [-0.39, 0.29) is 5.82 Å². The van der Waals surface area contributed by atoms with E-state index in [0.717, 1.165) is 31.5 Å². The van der Waals surface area contributed by atoms with Gasteiger partial charge in [0.25, 0.3) is 0 Å². The second kappa shape index (κ2) is 8.20. The van der Waals surface area contributed by atoms with Crippen molar-refractivity contribution in [3.05, 3.63) is 35.6 Å². The Labute approximate surface area is 103 Å². The maximum Gasteiger partial charge on any atom is 0.123 e. The van der Waals surface area contributed by atoms with E-state index in [0.29, 0.717) is 12.5 Å². The molecular formula is C14H22FNO. The fourth-order valence-corrected chi connectivity index (χ4v) is 1.95. The molecule has 1 aromatic rings. The fraction of sp³-hybridized carbons (Fsp3) is 0.571. The van der Waals surface area contributed by atoms with Crippen LogP contribution in [0, 0.1) is 5.82 Å². The van der Waals surface area contributed by atoms with Crippen LogP contribution in [0.15, 0.2) is 24.3 Å². The first kappa shape index (κ1) is 14.1. The van der Waals surface area contributed by atoms with Gasteiger partial charge in [0.1, 0.15) is 5.82 Å². The van der Waals surface area contributed by atoms with E-state index in [9.17, 15) is 4.39 Å². The molecule has 1 aromatic carbocycles. The minimum atomic E-state index is -0.152. The Morgan fingerprint density at radius 3 is 2.88 bits per heavy atom. The molecule has 0 heterocycles. The summed E-state index contributed by atoms with van der Waals surface area (Å²) in [5.41, 5.74) is 1.08. The van der Waals surface area contributed by atoms with E-state index in [1.54, 1.807) is 19.2 Å². The smallest absolute Gasteiger partial charge is 0.123 e. The van der Waals surface area contributed by atoms with Crippen molar-refractivity contribution in [1.29, 1.82) is 0 Å². The highest BCUT2D eigenvalue weighted by molar-refractivity contribution is 5.21. The standard InChI is InChI=1S/C14H22FNO/c1-3-5-13(11-16-8-9-17-2)12-6-4-7-14(15)10-12/h4,6-7,10,13,16H,3,5,8-9,11H2,1-2H3. The van der Waals surface area contributed by atoms with Crippen molar-refractivity contribution in [2.24, 2.45) is 0 Å². The molecule has 0 aliphatic carbocycles. The minimum Gasteiger partial charge on any atom is -0.383 e. The van der Waals surface area contributed by atoms with E-state index >= 15 is 0 Å². The Kier molecular flexibility index (Phi) is 6.82. The van der Waals surface area contributed by atoms with Crippen LogP contribution in [0.4, 0.5) is 4.39 Å². The molecule has 1 rings (SSSR count). The number of benzene rings is 1. The molecule has 96 valence electrons. The zero-order valence-electron chi connectivity index (χ0n) is 10.7. The summed E-state index contributed by atoms with van der Waals surface area (Å²) >= 11 is 0. The molecule has 0 aliphatic rings. The lowest BCUT2D eigenvalue weighted by atomic mass is 9.94. The van der Waals surface area contributed by atoms with Gasteiger partial charge in [-0.15, -0.1) is 0 Å². The van der Waals surface area contributed by atoms with Crippen LogP contribution in [-0.4, -0.2) is 26.8 Å². The van der Waals surface area contributed by atoms with Crippen LogP contribution in [-0.2, 0) is 4.74 Å². The summed E-state index contributed by atoms with van der Waals surface area (Å²) in [5.74, 6) is 0.230. The van der Waals surface area contributed by atoms with Crippen molar-refractivity contribution in [3.63, 3.8) is 0 Å². The highest BCUT2D eigenvalue weighted by Gasteiger charge is 2.10. The molecular weight excluding hydrogens is 217 g/mol. The van der Waals surface area contributed by atoms with Gasteiger partial charge in [0, 0.05) is 20.2 Å². The molecule has 2 nitrogen and oxygen atoms in total. The number of hydrogen-bond donors (Lipinski definition) is 1. The number of ether oxygens (including phenoxy) is 1. The molecule has 0 spiro atoms. The van der Waals surface area contributed by atoms with Crippen LogP contribution in [0.2, 0.25) is 0 Å². The topological polar surface area (TPSA) is 21.3 Å². The van der Waals surface area contributed by atoms with Gasteiger partial charge in [0.2, 0.25) is 0 Å². The van der Waals surface area contributed by atoms with Crippen LogP contribution in [0.3, 0.4) is 0 Å². The Morgan fingerprint density at radius 1 is 1.41 bits per heavy atom. The highest BCUT2D eigenvalue weighted by Crippen LogP contribution is 2.21. The molecule has 0 aromatic heterocycles. The van der Waals surface area contributed by atoms with Crippen molar-refractivity contribution in [2.45, 2.75) is 25.7 Å². The van der Waals surface area contributed by atoms with Gasteiger partial charge in [-0.05, 0) is 30.0 Å². The van der Waals surface area contributed by atoms with Crippen molar-refractivity contribution < 1.29 is 9.13 Å². The second-order valence-corrected chi connectivity index (χ2v) is 4.24. The van der Waals surface area contributed by atoms with Gasteiger partial charge in [-0.3, -0.25) is 0 Å². The van der Waals surface area contributed by atoms with E-state index in [1.807, 2.05) is 6.07 Å². The summed E-state index contributed by atoms with van der Waals surface area (Å²) in [6.07, 6.45) is 2.18. The first-order valence-corrected chi connectivity index (χ1v) is 6.23. The Morgan fingerprint density at radius 2 is 2.24 bits per heavy atom. The summed E-state index contributed by atoms with van der Waals surface area (Å²) in [6.45, 7) is 4.58. The predicted octanol–water partition coefficient (Wildman–Crippen LogP) is 2.95. The average molecular weight is 239 g/mol. The van der Waals surface area contributed by atoms with E-state index in [4.69, 9.17) is 4.74 Å². The van der Waals surface area contributed by atoms with Gasteiger partial charge in [0.15, 0.2) is 0 Å². The van der Waals surface area contributed by atoms with Crippen LogP contribution in [0.1, 0.15) is 31.2 Å². The van der Waals surface area contributed by atoms with Gasteiger partial charge in [0.05, 0.1) is 6.61 Å². The van der Waals surface area contributed by atoms with E-state index in [1.165, 1.54) is 6.07 Å². The van der Waals surface area contributed by atoms with Crippen molar-refractivity contribution in [1.82, 2.24) is 5.32 Å². The quantitative estimate of drug-likeness (QED) is 0.704. The zero-order chi connectivity index (χ0) is 12.5. The van der Waals surface area contributed by atoms with Crippen molar-refractivity contribution in [2.75, 3.05) is 26.8 Å². The van der Waals surface area contributed by atoms with Gasteiger partial charge < -0.3 is 10.1 Å². The summed E-state index contributed by atoms with van der Waals surface area (Å²) in [5, 5.41) is 3.34. The third-order valence-electron chi connectivity index (χ3n) is 2.83. The molecule has 3 heteroatoms. The fourth-order valence-electron chi connectivity index (χ4n) is 1.95. The molecule has 17 heavy (non-hydrogen) atoms. The summed E-state index contributed by atoms with van der Waals surface area (Å²) in [4.78, 5) is 0. The molecule has 1 N–H and O–H groups in total. The van der Waals surface area contributed by atoms with Crippen molar-refractivity contribution in [3.8, 4) is 0 Å². The van der Waals surface area contributed by atoms with Crippen molar-refractivity contribution >= 4 is 0 Å². The molecule has 0 amide bonds. The number of nitrogens with one attached hydrogen (secondary N) is 1. The highest BCUT2D eigenvalue weighted by atomic mass is 19.1. The molecule has 1 unspecified atom stereocenters. The van der Waals surface area contributed by atoms with E-state index < -0.39 is 0 Å². The normalized spacial score (nSPS) is 12.6. The maximum atomic E-state index is 13.2. The Balaban J connectivity index is 2.52. The van der Waals surface area contributed by atoms with Gasteiger partial charge in [-0.2, -0.15) is 0 Å². The number of methoxy groups -OCH3 is 1. The van der Waals surface area contributed by atoms with Crippen LogP contribution >= 0.6 is 0 Å². The number of hydrogen-bond acceptors (Lipinski definition) is 2. The second-order valence-electron chi connectivity index (χ2n) is 4.24. The average Bonchev–Trinajstić information content (AvgIpc) is 2.33. The Bertz CT molecular complexity index is 317. The molecule has 0 saturated heterocycles. The molecule has 1 atom stereocenters. The third-order valence-corrected chi connectivity index (χ3v) is 2.83. The largest absolute Gasteiger partial charge is 0.383 e. The Hall–Kier alpha value is -0.930. The van der Waals surface area contributed by atoms with Gasteiger partial charge >= 0.3 is 0 Å². The van der Waals surface area contributed by atoms with Gasteiger partial charge in [-0.25, -0.2) is 4.39 Å². The molecule has 0 aliphatic heterocycles. The van der Waals surface area contributed by atoms with Crippen LogP contribution in [0.5, 0.6) is 0 Å². The number of halogens is 1. The lowest BCUT2D eigenvalue weighted by molar-refractivity contribution is 0.198. The molecule has 0 saturated carbocycles. The SMILES string of the molecule is CCCC(CNCCOC)c1cccc(F)c1. The summed E-state index contributed by atoms with van der Waals surface area (Å²) < 4.78 is 18.2. The molecule has 0 fully saturated rings. The zero-order valence-corrected chi connectivity index (χ0v) is 10.7. The predicted molar refractivity (Wildman–Crippen MR) is 68.8 cm³/mol. The first-order valence-electron chi connectivity index (χ1n) is 6.23. The lowest BCUT2D eigenvalue weighted by Crippen LogP contribution is -2.25. The lowest BCUT2D eigenvalue weighted by Gasteiger charge is -2.17. The number of rotatable bonds is 8. The van der Waals surface area contributed by atoms with E-state index in [2.05, 4.69) is 12.2 Å².